The van der Waals surface area contributed by atoms with Crippen molar-refractivity contribution in [2.75, 3.05) is 6.54 Å². The maximum atomic E-state index is 11.6. The van der Waals surface area contributed by atoms with Gasteiger partial charge in [-0.1, -0.05) is 13.8 Å². The zero-order valence-electron chi connectivity index (χ0n) is 10.3. The molecular formula is C11H24N2O. The Morgan fingerprint density at radius 2 is 1.71 bits per heavy atom. The van der Waals surface area contributed by atoms with Crippen LogP contribution in [-0.4, -0.2) is 24.0 Å². The van der Waals surface area contributed by atoms with E-state index in [1.54, 1.807) is 0 Å². The van der Waals surface area contributed by atoms with Gasteiger partial charge in [-0.15, -0.1) is 0 Å². The molecule has 1 unspecified atom stereocenters. The first-order valence-electron chi connectivity index (χ1n) is 5.28. The van der Waals surface area contributed by atoms with Crippen LogP contribution in [-0.2, 0) is 4.79 Å². The Morgan fingerprint density at radius 3 is 2.07 bits per heavy atom. The number of rotatable bonds is 4. The summed E-state index contributed by atoms with van der Waals surface area (Å²) in [6.45, 7) is 13.0. The van der Waals surface area contributed by atoms with E-state index >= 15 is 0 Å². The number of nitrogens with one attached hydrogen (secondary N) is 2. The van der Waals surface area contributed by atoms with E-state index in [0.29, 0.717) is 5.92 Å². The molecule has 0 aliphatic heterocycles. The van der Waals surface area contributed by atoms with Gasteiger partial charge in [0.15, 0.2) is 0 Å². The van der Waals surface area contributed by atoms with Crippen molar-refractivity contribution in [1.29, 1.82) is 0 Å². The maximum absolute atomic E-state index is 11.6. The Morgan fingerprint density at radius 1 is 1.21 bits per heavy atom. The average molecular weight is 200 g/mol. The highest BCUT2D eigenvalue weighted by molar-refractivity contribution is 5.81. The zero-order chi connectivity index (χ0) is 11.4. The third kappa shape index (κ3) is 6.89. The SMILES string of the molecule is CC(C)CNC(C)C(=O)NC(C)(C)C. The van der Waals surface area contributed by atoms with Gasteiger partial charge in [0.1, 0.15) is 0 Å². The molecule has 0 aromatic carbocycles. The number of hydrogen-bond acceptors (Lipinski definition) is 2. The molecule has 0 spiro atoms. The van der Waals surface area contributed by atoms with Crippen LogP contribution >= 0.6 is 0 Å². The van der Waals surface area contributed by atoms with Gasteiger partial charge in [0.2, 0.25) is 5.91 Å². The molecule has 0 bridgehead atoms. The molecule has 1 atom stereocenters. The predicted molar refractivity (Wildman–Crippen MR) is 60.2 cm³/mol. The molecule has 3 nitrogen and oxygen atoms in total. The van der Waals surface area contributed by atoms with Gasteiger partial charge in [-0.05, 0) is 40.2 Å². The second-order valence-electron chi connectivity index (χ2n) is 5.26. The lowest BCUT2D eigenvalue weighted by Gasteiger charge is -2.24. The van der Waals surface area contributed by atoms with E-state index in [1.165, 1.54) is 0 Å². The van der Waals surface area contributed by atoms with E-state index < -0.39 is 0 Å². The van der Waals surface area contributed by atoms with Crippen LogP contribution in [0.4, 0.5) is 0 Å². The van der Waals surface area contributed by atoms with Crippen molar-refractivity contribution in [1.82, 2.24) is 10.6 Å². The molecule has 2 N–H and O–H groups in total. The highest BCUT2D eigenvalue weighted by Crippen LogP contribution is 1.99. The van der Waals surface area contributed by atoms with E-state index in [9.17, 15) is 4.79 Å². The van der Waals surface area contributed by atoms with Gasteiger partial charge in [0.05, 0.1) is 6.04 Å². The van der Waals surface area contributed by atoms with E-state index in [1.807, 2.05) is 27.7 Å². The molecule has 0 heterocycles. The summed E-state index contributed by atoms with van der Waals surface area (Å²) in [5.41, 5.74) is -0.148. The molecule has 0 aromatic heterocycles. The Hall–Kier alpha value is -0.570. The van der Waals surface area contributed by atoms with Crippen molar-refractivity contribution in [2.45, 2.75) is 53.1 Å². The van der Waals surface area contributed by atoms with Crippen LogP contribution in [0.3, 0.4) is 0 Å². The summed E-state index contributed by atoms with van der Waals surface area (Å²) in [4.78, 5) is 11.6. The topological polar surface area (TPSA) is 41.1 Å². The summed E-state index contributed by atoms with van der Waals surface area (Å²) in [5, 5.41) is 6.13. The van der Waals surface area contributed by atoms with Crippen LogP contribution < -0.4 is 10.6 Å². The summed E-state index contributed by atoms with van der Waals surface area (Å²) in [5.74, 6) is 0.637. The largest absolute Gasteiger partial charge is 0.350 e. The number of carbonyl (C=O) groups excluding carboxylic acids is 1. The zero-order valence-corrected chi connectivity index (χ0v) is 10.3. The molecule has 0 aromatic rings. The fourth-order valence-electron chi connectivity index (χ4n) is 0.983. The van der Waals surface area contributed by atoms with Crippen molar-refractivity contribution in [3.05, 3.63) is 0 Å². The van der Waals surface area contributed by atoms with Gasteiger partial charge in [-0.2, -0.15) is 0 Å². The first-order chi connectivity index (χ1) is 6.22. The minimum absolute atomic E-state index is 0.0677. The predicted octanol–water partition coefficient (Wildman–Crippen LogP) is 1.54. The lowest BCUT2D eigenvalue weighted by Crippen LogP contribution is -2.50. The molecule has 0 saturated heterocycles. The van der Waals surface area contributed by atoms with Crippen molar-refractivity contribution in [3.63, 3.8) is 0 Å². The van der Waals surface area contributed by atoms with Crippen molar-refractivity contribution < 1.29 is 4.79 Å². The molecule has 84 valence electrons. The van der Waals surface area contributed by atoms with Gasteiger partial charge < -0.3 is 10.6 Å². The minimum Gasteiger partial charge on any atom is -0.350 e. The van der Waals surface area contributed by atoms with E-state index in [-0.39, 0.29) is 17.5 Å². The molecular weight excluding hydrogens is 176 g/mol. The first-order valence-corrected chi connectivity index (χ1v) is 5.28. The molecule has 3 heteroatoms. The monoisotopic (exact) mass is 200 g/mol. The Kier molecular flexibility index (Phi) is 5.13. The van der Waals surface area contributed by atoms with E-state index in [0.717, 1.165) is 6.54 Å². The Labute approximate surface area is 87.6 Å². The number of carbonyl (C=O) groups is 1. The van der Waals surface area contributed by atoms with Crippen molar-refractivity contribution in [2.24, 2.45) is 5.92 Å². The van der Waals surface area contributed by atoms with Gasteiger partial charge in [0.25, 0.3) is 0 Å². The lowest BCUT2D eigenvalue weighted by molar-refractivity contribution is -0.124. The summed E-state index contributed by atoms with van der Waals surface area (Å²) in [6.07, 6.45) is 0. The van der Waals surface area contributed by atoms with Crippen LogP contribution in [0.5, 0.6) is 0 Å². The second-order valence-corrected chi connectivity index (χ2v) is 5.26. The van der Waals surface area contributed by atoms with Gasteiger partial charge in [0, 0.05) is 5.54 Å². The summed E-state index contributed by atoms with van der Waals surface area (Å²) in [7, 11) is 0. The summed E-state index contributed by atoms with van der Waals surface area (Å²) < 4.78 is 0. The number of hydrogen-bond donors (Lipinski definition) is 2. The fourth-order valence-corrected chi connectivity index (χ4v) is 0.983. The molecule has 1 amide bonds. The molecule has 0 radical (unpaired) electrons. The lowest BCUT2D eigenvalue weighted by atomic mass is 10.1. The fraction of sp³-hybridized carbons (Fsp3) is 0.909. The quantitative estimate of drug-likeness (QED) is 0.722. The first kappa shape index (κ1) is 13.4. The molecule has 0 rings (SSSR count). The van der Waals surface area contributed by atoms with E-state index in [4.69, 9.17) is 0 Å². The van der Waals surface area contributed by atoms with E-state index in [2.05, 4.69) is 24.5 Å². The maximum Gasteiger partial charge on any atom is 0.237 e. The van der Waals surface area contributed by atoms with Crippen LogP contribution in [0, 0.1) is 5.92 Å². The molecule has 14 heavy (non-hydrogen) atoms. The molecule has 0 aliphatic rings. The molecule has 0 fully saturated rings. The smallest absolute Gasteiger partial charge is 0.237 e. The molecule has 0 saturated carbocycles. The van der Waals surface area contributed by atoms with Gasteiger partial charge >= 0.3 is 0 Å². The minimum atomic E-state index is -0.148. The standard InChI is InChI=1S/C11H24N2O/c1-8(2)7-12-9(3)10(14)13-11(4,5)6/h8-9,12H,7H2,1-6H3,(H,13,14). The highest BCUT2D eigenvalue weighted by atomic mass is 16.2. The van der Waals surface area contributed by atoms with Crippen LogP contribution in [0.2, 0.25) is 0 Å². The summed E-state index contributed by atoms with van der Waals surface area (Å²) in [6, 6.07) is -0.114. The van der Waals surface area contributed by atoms with Gasteiger partial charge in [-0.25, -0.2) is 0 Å². The van der Waals surface area contributed by atoms with Crippen LogP contribution in [0.1, 0.15) is 41.5 Å². The van der Waals surface area contributed by atoms with Crippen LogP contribution in [0.25, 0.3) is 0 Å². The average Bonchev–Trinajstić information content (AvgIpc) is 1.96. The summed E-state index contributed by atoms with van der Waals surface area (Å²) >= 11 is 0. The van der Waals surface area contributed by atoms with Gasteiger partial charge in [-0.3, -0.25) is 4.79 Å². The normalized spacial score (nSPS) is 14.2. The Balaban J connectivity index is 3.88. The Bertz CT molecular complexity index is 182. The number of amides is 1. The molecule has 0 aliphatic carbocycles. The highest BCUT2D eigenvalue weighted by Gasteiger charge is 2.18. The van der Waals surface area contributed by atoms with Crippen molar-refractivity contribution in [3.8, 4) is 0 Å². The van der Waals surface area contributed by atoms with Crippen molar-refractivity contribution >= 4 is 5.91 Å². The third-order valence-electron chi connectivity index (χ3n) is 1.72. The second kappa shape index (κ2) is 5.35. The third-order valence-corrected chi connectivity index (χ3v) is 1.72. The van der Waals surface area contributed by atoms with Crippen LogP contribution in [0.15, 0.2) is 0 Å².